The van der Waals surface area contributed by atoms with Gasteiger partial charge in [0.1, 0.15) is 17.2 Å². The Kier molecular flexibility index (Phi) is 5.00. The van der Waals surface area contributed by atoms with Gasteiger partial charge in [0, 0.05) is 12.1 Å². The summed E-state index contributed by atoms with van der Waals surface area (Å²) in [5, 5.41) is 19.1. The van der Waals surface area contributed by atoms with Gasteiger partial charge in [0.15, 0.2) is 0 Å². The number of rotatable bonds is 6. The van der Waals surface area contributed by atoms with Crippen LogP contribution in [0.15, 0.2) is 12.1 Å². The van der Waals surface area contributed by atoms with E-state index in [-0.39, 0.29) is 0 Å². The van der Waals surface area contributed by atoms with Gasteiger partial charge in [-0.3, -0.25) is 4.79 Å². The lowest BCUT2D eigenvalue weighted by Gasteiger charge is -2.21. The van der Waals surface area contributed by atoms with Crippen LogP contribution in [0.25, 0.3) is 0 Å². The average Bonchev–Trinajstić information content (AvgIpc) is 2.43. The van der Waals surface area contributed by atoms with Gasteiger partial charge in [0.05, 0.1) is 38.9 Å². The Morgan fingerprint density at radius 3 is 1.89 bits per heavy atom. The summed E-state index contributed by atoms with van der Waals surface area (Å²) in [5.41, 5.74) is 0.292. The zero-order valence-electron chi connectivity index (χ0n) is 11.3. The minimum absolute atomic E-state index is 0.292. The highest BCUT2D eigenvalue weighted by atomic mass is 16.5. The average molecular weight is 270 g/mol. The molecule has 0 saturated heterocycles. The number of carbonyl (C=O) groups is 1. The Morgan fingerprint density at radius 1 is 1.11 bits per heavy atom. The Morgan fingerprint density at radius 2 is 1.58 bits per heavy atom. The summed E-state index contributed by atoms with van der Waals surface area (Å²) >= 11 is 0. The van der Waals surface area contributed by atoms with Crippen molar-refractivity contribution in [3.63, 3.8) is 0 Å². The predicted molar refractivity (Wildman–Crippen MR) is 67.9 cm³/mol. The monoisotopic (exact) mass is 270 g/mol. The van der Waals surface area contributed by atoms with E-state index in [0.717, 1.165) is 0 Å². The Labute approximate surface area is 111 Å². The highest BCUT2D eigenvalue weighted by Crippen LogP contribution is 2.40. The van der Waals surface area contributed by atoms with Gasteiger partial charge in [-0.25, -0.2) is 0 Å². The second-order valence-electron chi connectivity index (χ2n) is 4.02. The van der Waals surface area contributed by atoms with Crippen molar-refractivity contribution in [2.45, 2.75) is 13.0 Å². The van der Waals surface area contributed by atoms with Crippen LogP contribution in [0.4, 0.5) is 0 Å². The quantitative estimate of drug-likeness (QED) is 0.814. The minimum atomic E-state index is -1.24. The largest absolute Gasteiger partial charge is 0.496 e. The maximum atomic E-state index is 11.0. The summed E-state index contributed by atoms with van der Waals surface area (Å²) in [6.07, 6.45) is -1.24. The van der Waals surface area contributed by atoms with E-state index in [1.165, 1.54) is 28.3 Å². The summed E-state index contributed by atoms with van der Waals surface area (Å²) in [6.45, 7) is 1.41. The van der Waals surface area contributed by atoms with Crippen molar-refractivity contribution in [3.8, 4) is 17.2 Å². The van der Waals surface area contributed by atoms with E-state index >= 15 is 0 Å². The zero-order valence-corrected chi connectivity index (χ0v) is 11.3. The molecule has 1 rings (SSSR count). The first-order chi connectivity index (χ1) is 8.96. The van der Waals surface area contributed by atoms with Crippen LogP contribution in [-0.4, -0.2) is 37.5 Å². The van der Waals surface area contributed by atoms with Gasteiger partial charge in [-0.15, -0.1) is 0 Å². The van der Waals surface area contributed by atoms with Gasteiger partial charge >= 0.3 is 5.97 Å². The molecule has 0 heterocycles. The molecular weight excluding hydrogens is 252 g/mol. The third-order valence-corrected chi connectivity index (χ3v) is 2.91. The summed E-state index contributed by atoms with van der Waals surface area (Å²) in [5.74, 6) is -0.968. The second kappa shape index (κ2) is 6.29. The third-order valence-electron chi connectivity index (χ3n) is 2.91. The molecular formula is C13H18O6. The molecule has 0 aliphatic rings. The van der Waals surface area contributed by atoms with Crippen molar-refractivity contribution in [1.29, 1.82) is 0 Å². The van der Waals surface area contributed by atoms with Gasteiger partial charge in [0.2, 0.25) is 0 Å². The van der Waals surface area contributed by atoms with Crippen molar-refractivity contribution >= 4 is 5.97 Å². The van der Waals surface area contributed by atoms with E-state index in [1.54, 1.807) is 12.1 Å². The molecule has 0 aliphatic carbocycles. The topological polar surface area (TPSA) is 85.2 Å². The SMILES string of the molecule is COc1cc(OC)c(C(O)C(C)C(=O)O)c(OC)c1. The third kappa shape index (κ3) is 3.08. The van der Waals surface area contributed by atoms with Gasteiger partial charge in [-0.05, 0) is 6.92 Å². The fourth-order valence-electron chi connectivity index (χ4n) is 1.71. The highest BCUT2D eigenvalue weighted by molar-refractivity contribution is 5.71. The Bertz CT molecular complexity index is 431. The number of benzene rings is 1. The minimum Gasteiger partial charge on any atom is -0.496 e. The van der Waals surface area contributed by atoms with E-state index in [9.17, 15) is 9.90 Å². The lowest BCUT2D eigenvalue weighted by Crippen LogP contribution is -2.19. The molecule has 106 valence electrons. The number of aliphatic carboxylic acids is 1. The zero-order chi connectivity index (χ0) is 14.6. The highest BCUT2D eigenvalue weighted by Gasteiger charge is 2.29. The first-order valence-corrected chi connectivity index (χ1v) is 5.67. The van der Waals surface area contributed by atoms with Crippen LogP contribution in [0.3, 0.4) is 0 Å². The molecule has 1 aromatic rings. The lowest BCUT2D eigenvalue weighted by molar-refractivity contribution is -0.145. The molecule has 1 aromatic carbocycles. The van der Waals surface area contributed by atoms with Crippen molar-refractivity contribution in [2.75, 3.05) is 21.3 Å². The molecule has 2 unspecified atom stereocenters. The first kappa shape index (κ1) is 15.1. The number of methoxy groups -OCH3 is 3. The fraction of sp³-hybridized carbons (Fsp3) is 0.462. The number of carboxylic acids is 1. The predicted octanol–water partition coefficient (Wildman–Crippen LogP) is 1.47. The van der Waals surface area contributed by atoms with Crippen molar-refractivity contribution in [1.82, 2.24) is 0 Å². The summed E-state index contributed by atoms with van der Waals surface area (Å²) in [4.78, 5) is 11.0. The molecule has 0 saturated carbocycles. The molecule has 2 atom stereocenters. The van der Waals surface area contributed by atoms with Gasteiger partial charge in [0.25, 0.3) is 0 Å². The molecule has 0 fully saturated rings. The fourth-order valence-corrected chi connectivity index (χ4v) is 1.71. The van der Waals surface area contributed by atoms with E-state index in [0.29, 0.717) is 22.8 Å². The smallest absolute Gasteiger partial charge is 0.309 e. The van der Waals surface area contributed by atoms with Crippen LogP contribution in [0.5, 0.6) is 17.2 Å². The van der Waals surface area contributed by atoms with E-state index in [1.807, 2.05) is 0 Å². The molecule has 2 N–H and O–H groups in total. The van der Waals surface area contributed by atoms with Crippen LogP contribution < -0.4 is 14.2 Å². The normalized spacial score (nSPS) is 13.5. The number of aliphatic hydroxyl groups excluding tert-OH is 1. The molecule has 0 aromatic heterocycles. The number of aliphatic hydroxyl groups is 1. The van der Waals surface area contributed by atoms with Crippen LogP contribution in [0.1, 0.15) is 18.6 Å². The van der Waals surface area contributed by atoms with Crippen LogP contribution in [0, 0.1) is 5.92 Å². The molecule has 0 spiro atoms. The van der Waals surface area contributed by atoms with Crippen LogP contribution in [0.2, 0.25) is 0 Å². The molecule has 0 amide bonds. The number of hydrogen-bond acceptors (Lipinski definition) is 5. The summed E-state index contributed by atoms with van der Waals surface area (Å²) < 4.78 is 15.4. The molecule has 0 bridgehead atoms. The Hall–Kier alpha value is -1.95. The van der Waals surface area contributed by atoms with Crippen LogP contribution >= 0.6 is 0 Å². The molecule has 0 aliphatic heterocycles. The molecule has 19 heavy (non-hydrogen) atoms. The number of carboxylic acid groups (broad SMARTS) is 1. The van der Waals surface area contributed by atoms with Crippen LogP contribution in [-0.2, 0) is 4.79 Å². The van der Waals surface area contributed by atoms with Crippen molar-refractivity contribution < 1.29 is 29.2 Å². The van der Waals surface area contributed by atoms with E-state index < -0.39 is 18.0 Å². The summed E-state index contributed by atoms with van der Waals surface area (Å²) in [6, 6.07) is 3.13. The van der Waals surface area contributed by atoms with E-state index in [4.69, 9.17) is 19.3 Å². The standard InChI is InChI=1S/C13H18O6/c1-7(13(15)16)12(14)11-9(18-3)5-8(17-2)6-10(11)19-4/h5-7,12,14H,1-4H3,(H,15,16). The molecule has 0 radical (unpaired) electrons. The van der Waals surface area contributed by atoms with Gasteiger partial charge in [-0.1, -0.05) is 0 Å². The number of ether oxygens (including phenoxy) is 3. The second-order valence-corrected chi connectivity index (χ2v) is 4.02. The molecule has 6 nitrogen and oxygen atoms in total. The van der Waals surface area contributed by atoms with Crippen molar-refractivity contribution in [3.05, 3.63) is 17.7 Å². The lowest BCUT2D eigenvalue weighted by atomic mass is 9.95. The summed E-state index contributed by atoms with van der Waals surface area (Å²) in [7, 11) is 4.34. The van der Waals surface area contributed by atoms with Gasteiger partial charge < -0.3 is 24.4 Å². The molecule has 6 heteroatoms. The first-order valence-electron chi connectivity index (χ1n) is 5.67. The van der Waals surface area contributed by atoms with E-state index in [2.05, 4.69) is 0 Å². The van der Waals surface area contributed by atoms with Gasteiger partial charge in [-0.2, -0.15) is 0 Å². The number of hydrogen-bond donors (Lipinski definition) is 2. The maximum absolute atomic E-state index is 11.0. The maximum Gasteiger partial charge on any atom is 0.309 e. The Balaban J connectivity index is 3.35. The van der Waals surface area contributed by atoms with Crippen molar-refractivity contribution in [2.24, 2.45) is 5.92 Å².